The van der Waals surface area contributed by atoms with Gasteiger partial charge in [0.05, 0.1) is 0 Å². The van der Waals surface area contributed by atoms with Gasteiger partial charge in [-0.1, -0.05) is 0 Å². The summed E-state index contributed by atoms with van der Waals surface area (Å²) in [6, 6.07) is 17.0. The Kier molecular flexibility index (Phi) is 3.62. The number of anilines is 1. The van der Waals surface area contributed by atoms with E-state index in [0.717, 1.165) is 23.1 Å². The van der Waals surface area contributed by atoms with Gasteiger partial charge in [-0.05, 0) is 0 Å². The minimum absolute atomic E-state index is 0.0224. The molecule has 3 nitrogen and oxygen atoms in total. The van der Waals surface area contributed by atoms with E-state index >= 15 is 0 Å². The van der Waals surface area contributed by atoms with Crippen molar-refractivity contribution in [3.8, 4) is 0 Å². The molecule has 0 amide bonds. The van der Waals surface area contributed by atoms with Crippen molar-refractivity contribution in [3.63, 3.8) is 0 Å². The number of hydrogen-bond donors (Lipinski definition) is 1. The molecule has 19 heavy (non-hydrogen) atoms. The molecule has 2 aromatic carbocycles. The van der Waals surface area contributed by atoms with E-state index < -0.39 is 0 Å². The van der Waals surface area contributed by atoms with E-state index in [-0.39, 0.29) is 15.0 Å². The van der Waals surface area contributed by atoms with E-state index in [1.165, 1.54) is 5.56 Å². The zero-order valence-electron chi connectivity index (χ0n) is 10.7. The van der Waals surface area contributed by atoms with Gasteiger partial charge in [-0.3, -0.25) is 0 Å². The third kappa shape index (κ3) is 2.55. The second kappa shape index (κ2) is 5.55. The van der Waals surface area contributed by atoms with Crippen LogP contribution in [-0.4, -0.2) is 22.9 Å². The molecule has 1 unspecified atom stereocenters. The van der Waals surface area contributed by atoms with Gasteiger partial charge in [0.25, 0.3) is 0 Å². The molecule has 1 aromatic heterocycles. The van der Waals surface area contributed by atoms with Crippen LogP contribution in [0.2, 0.25) is 0 Å². The Hall–Kier alpha value is -1.64. The average Bonchev–Trinajstić information content (AvgIpc) is 2.95. The van der Waals surface area contributed by atoms with Crippen LogP contribution in [0.3, 0.4) is 0 Å². The van der Waals surface area contributed by atoms with Crippen LogP contribution in [0.1, 0.15) is 24.9 Å². The van der Waals surface area contributed by atoms with Crippen molar-refractivity contribution in [3.05, 3.63) is 54.1 Å². The van der Waals surface area contributed by atoms with Crippen LogP contribution in [0, 0.1) is 0 Å². The molecule has 0 aliphatic carbocycles. The second-order valence-electron chi connectivity index (χ2n) is 4.45. The van der Waals surface area contributed by atoms with Crippen molar-refractivity contribution in [2.45, 2.75) is 19.4 Å². The standard InChI is InChI=1S/C15H15N3Se/c1-2-12(11-7-4-3-5-8-11)16-13-9-6-10-14-15(13)18-19-17-14/h3-10,12,16H,2H2,1H3. The molecule has 1 heterocycles. The number of nitrogens with one attached hydrogen (secondary N) is 1. The maximum atomic E-state index is 4.51. The molecule has 0 bridgehead atoms. The van der Waals surface area contributed by atoms with Gasteiger partial charge in [0.1, 0.15) is 0 Å². The van der Waals surface area contributed by atoms with Gasteiger partial charge in [-0.2, -0.15) is 0 Å². The third-order valence-electron chi connectivity index (χ3n) is 3.23. The molecule has 0 radical (unpaired) electrons. The average molecular weight is 316 g/mol. The van der Waals surface area contributed by atoms with Gasteiger partial charge in [0.2, 0.25) is 0 Å². The quantitative estimate of drug-likeness (QED) is 0.751. The Morgan fingerprint density at radius 1 is 1.05 bits per heavy atom. The Labute approximate surface area is 118 Å². The molecule has 0 fully saturated rings. The van der Waals surface area contributed by atoms with E-state index in [1.807, 2.05) is 18.2 Å². The predicted molar refractivity (Wildman–Crippen MR) is 79.6 cm³/mol. The molecule has 0 saturated heterocycles. The normalized spacial score (nSPS) is 12.5. The summed E-state index contributed by atoms with van der Waals surface area (Å²) in [6.45, 7) is 2.19. The van der Waals surface area contributed by atoms with Gasteiger partial charge >= 0.3 is 118 Å². The molecule has 1 N–H and O–H groups in total. The summed E-state index contributed by atoms with van der Waals surface area (Å²) in [5.74, 6) is 0. The number of rotatable bonds is 4. The van der Waals surface area contributed by atoms with E-state index in [1.54, 1.807) is 0 Å². The van der Waals surface area contributed by atoms with Crippen LogP contribution in [0.25, 0.3) is 11.0 Å². The molecule has 3 rings (SSSR count). The van der Waals surface area contributed by atoms with Crippen LogP contribution in [-0.2, 0) is 0 Å². The van der Waals surface area contributed by atoms with Gasteiger partial charge in [0, 0.05) is 0 Å². The van der Waals surface area contributed by atoms with E-state index in [0.29, 0.717) is 6.04 Å². The molecule has 1 atom stereocenters. The summed E-state index contributed by atoms with van der Waals surface area (Å²) in [7, 11) is 0. The maximum absolute atomic E-state index is 4.51. The van der Waals surface area contributed by atoms with Crippen molar-refractivity contribution in [2.75, 3.05) is 5.32 Å². The van der Waals surface area contributed by atoms with Crippen LogP contribution in [0.5, 0.6) is 0 Å². The van der Waals surface area contributed by atoms with Gasteiger partial charge < -0.3 is 0 Å². The summed E-state index contributed by atoms with van der Waals surface area (Å²) in [5.41, 5.74) is 4.45. The summed E-state index contributed by atoms with van der Waals surface area (Å²) in [6.07, 6.45) is 1.04. The first kappa shape index (κ1) is 12.4. The second-order valence-corrected chi connectivity index (χ2v) is 5.56. The molecule has 0 aliphatic rings. The zero-order valence-corrected chi connectivity index (χ0v) is 12.4. The summed E-state index contributed by atoms with van der Waals surface area (Å²) in [5, 5.41) is 3.60. The number of hydrogen-bond acceptors (Lipinski definition) is 3. The van der Waals surface area contributed by atoms with Crippen molar-refractivity contribution >= 4 is 31.7 Å². The fourth-order valence-electron chi connectivity index (χ4n) is 2.22. The first-order chi connectivity index (χ1) is 9.38. The van der Waals surface area contributed by atoms with E-state index in [2.05, 4.69) is 50.5 Å². The molecule has 3 aromatic rings. The minimum atomic E-state index is 0.0224. The van der Waals surface area contributed by atoms with Crippen molar-refractivity contribution in [1.82, 2.24) is 7.96 Å². The van der Waals surface area contributed by atoms with Crippen LogP contribution >= 0.6 is 0 Å². The number of fused-ring (bicyclic) bond motifs is 1. The molecular formula is C15H15N3Se. The predicted octanol–water partition coefficient (Wildman–Crippen LogP) is 3.25. The van der Waals surface area contributed by atoms with Crippen molar-refractivity contribution in [2.24, 2.45) is 0 Å². The Morgan fingerprint density at radius 2 is 1.89 bits per heavy atom. The number of aromatic nitrogens is 2. The Bertz CT molecular complexity index is 663. The van der Waals surface area contributed by atoms with E-state index in [9.17, 15) is 0 Å². The number of nitrogens with zero attached hydrogens (tertiary/aromatic N) is 2. The van der Waals surface area contributed by atoms with Crippen LogP contribution in [0.4, 0.5) is 5.69 Å². The zero-order chi connectivity index (χ0) is 13.1. The first-order valence-corrected chi connectivity index (χ1v) is 7.94. The molecular weight excluding hydrogens is 301 g/mol. The fraction of sp³-hybridized carbons (Fsp3) is 0.200. The topological polar surface area (TPSA) is 37.8 Å². The summed E-state index contributed by atoms with van der Waals surface area (Å²) < 4.78 is 8.94. The van der Waals surface area contributed by atoms with Gasteiger partial charge in [-0.25, -0.2) is 0 Å². The molecule has 4 heteroatoms. The van der Waals surface area contributed by atoms with Gasteiger partial charge in [-0.15, -0.1) is 0 Å². The van der Waals surface area contributed by atoms with Crippen molar-refractivity contribution in [1.29, 1.82) is 0 Å². The third-order valence-corrected chi connectivity index (χ3v) is 4.36. The van der Waals surface area contributed by atoms with Crippen LogP contribution in [0.15, 0.2) is 48.5 Å². The van der Waals surface area contributed by atoms with Gasteiger partial charge in [0.15, 0.2) is 0 Å². The summed E-state index contributed by atoms with van der Waals surface area (Å²) in [4.78, 5) is 0. The van der Waals surface area contributed by atoms with Crippen LogP contribution < -0.4 is 5.32 Å². The number of benzene rings is 2. The molecule has 0 spiro atoms. The SMILES string of the molecule is CCC(Nc1cccc2n[se]nc12)c1ccccc1. The van der Waals surface area contributed by atoms with E-state index in [4.69, 9.17) is 0 Å². The van der Waals surface area contributed by atoms with Crippen molar-refractivity contribution < 1.29 is 0 Å². The Balaban J connectivity index is 1.93. The fourth-order valence-corrected chi connectivity index (χ4v) is 3.37. The monoisotopic (exact) mass is 317 g/mol. The molecule has 0 saturated carbocycles. The Morgan fingerprint density at radius 3 is 2.68 bits per heavy atom. The first-order valence-electron chi connectivity index (χ1n) is 6.41. The summed E-state index contributed by atoms with van der Waals surface area (Å²) >= 11 is 0.0224. The molecule has 0 aliphatic heterocycles. The molecule has 96 valence electrons.